The van der Waals surface area contributed by atoms with Crippen LogP contribution in [0.3, 0.4) is 0 Å². The number of hydrogen-bond acceptors (Lipinski definition) is 1. The van der Waals surface area contributed by atoms with E-state index in [4.69, 9.17) is 5.73 Å². The Bertz CT molecular complexity index is 344. The largest absolute Gasteiger partial charge is 0.324 e. The normalized spacial score (nSPS) is 17.8. The van der Waals surface area contributed by atoms with E-state index in [2.05, 4.69) is 47.7 Å². The second-order valence-corrected chi connectivity index (χ2v) is 5.68. The van der Waals surface area contributed by atoms with E-state index in [1.807, 2.05) is 0 Å². The zero-order chi connectivity index (χ0) is 10.8. The third kappa shape index (κ3) is 2.94. The first-order valence-electron chi connectivity index (χ1n) is 5.69. The van der Waals surface area contributed by atoms with Crippen molar-refractivity contribution in [3.8, 4) is 0 Å². The molecule has 0 bridgehead atoms. The van der Waals surface area contributed by atoms with Crippen LogP contribution in [0.5, 0.6) is 0 Å². The fourth-order valence-corrected chi connectivity index (χ4v) is 2.69. The van der Waals surface area contributed by atoms with Gasteiger partial charge in [-0.1, -0.05) is 31.0 Å². The van der Waals surface area contributed by atoms with Crippen LogP contribution in [0, 0.1) is 16.4 Å². The summed E-state index contributed by atoms with van der Waals surface area (Å²) in [5, 5.41) is 0. The molecule has 0 aliphatic heterocycles. The molecule has 0 amide bonds. The lowest BCUT2D eigenvalue weighted by Crippen LogP contribution is -2.12. The van der Waals surface area contributed by atoms with Gasteiger partial charge in [0.1, 0.15) is 0 Å². The summed E-state index contributed by atoms with van der Waals surface area (Å²) in [6.45, 7) is 2.15. The predicted molar refractivity (Wildman–Crippen MR) is 72.8 cm³/mol. The van der Waals surface area contributed by atoms with Gasteiger partial charge in [-0.15, -0.1) is 0 Å². The average molecular weight is 315 g/mol. The molecule has 0 saturated heterocycles. The van der Waals surface area contributed by atoms with E-state index in [1.165, 1.54) is 34.0 Å². The van der Waals surface area contributed by atoms with Crippen molar-refractivity contribution in [2.75, 3.05) is 0 Å². The van der Waals surface area contributed by atoms with Crippen molar-refractivity contribution in [2.24, 2.45) is 11.7 Å². The lowest BCUT2D eigenvalue weighted by molar-refractivity contribution is 0.573. The molecule has 1 saturated carbocycles. The Morgan fingerprint density at radius 3 is 2.87 bits per heavy atom. The van der Waals surface area contributed by atoms with Crippen LogP contribution in [0.2, 0.25) is 0 Å². The second-order valence-electron chi connectivity index (χ2n) is 4.61. The Kier molecular flexibility index (Phi) is 3.67. The molecule has 2 N–H and O–H groups in total. The van der Waals surface area contributed by atoms with Crippen molar-refractivity contribution in [1.82, 2.24) is 0 Å². The van der Waals surface area contributed by atoms with Gasteiger partial charge < -0.3 is 5.73 Å². The van der Waals surface area contributed by atoms with Crippen molar-refractivity contribution < 1.29 is 0 Å². The van der Waals surface area contributed by atoms with Gasteiger partial charge >= 0.3 is 0 Å². The smallest absolute Gasteiger partial charge is 0.0305 e. The summed E-state index contributed by atoms with van der Waals surface area (Å²) in [6.07, 6.45) is 5.31. The molecule has 1 unspecified atom stereocenters. The van der Waals surface area contributed by atoms with Gasteiger partial charge in [0.25, 0.3) is 0 Å². The van der Waals surface area contributed by atoms with Crippen molar-refractivity contribution >= 4 is 22.6 Å². The Labute approximate surface area is 106 Å². The number of hydrogen-bond donors (Lipinski definition) is 1. The first-order valence-corrected chi connectivity index (χ1v) is 6.77. The highest BCUT2D eigenvalue weighted by molar-refractivity contribution is 14.1. The van der Waals surface area contributed by atoms with E-state index in [0.29, 0.717) is 0 Å². The Hall–Kier alpha value is -0.0900. The molecule has 0 aromatic heterocycles. The van der Waals surface area contributed by atoms with Crippen LogP contribution in [-0.4, -0.2) is 0 Å². The standard InChI is InChI=1S/C13H18IN/c1-9-3-2-4-11(13(9)14)12(15)8-7-10-5-6-10/h2-4,10,12H,5-8,15H2,1H3. The van der Waals surface area contributed by atoms with Gasteiger partial charge in [-0.3, -0.25) is 0 Å². The van der Waals surface area contributed by atoms with Crippen LogP contribution in [-0.2, 0) is 0 Å². The highest BCUT2D eigenvalue weighted by atomic mass is 127. The van der Waals surface area contributed by atoms with Crippen LogP contribution in [0.15, 0.2) is 18.2 Å². The van der Waals surface area contributed by atoms with Gasteiger partial charge in [-0.2, -0.15) is 0 Å². The van der Waals surface area contributed by atoms with Gasteiger partial charge in [0.2, 0.25) is 0 Å². The number of rotatable bonds is 4. The molecule has 1 aromatic rings. The summed E-state index contributed by atoms with van der Waals surface area (Å²) < 4.78 is 1.35. The van der Waals surface area contributed by atoms with Gasteiger partial charge in [0.05, 0.1) is 0 Å². The molecule has 0 heterocycles. The summed E-state index contributed by atoms with van der Waals surface area (Å²) in [4.78, 5) is 0. The molecule has 1 aliphatic rings. The lowest BCUT2D eigenvalue weighted by Gasteiger charge is -2.15. The molecular weight excluding hydrogens is 297 g/mol. The summed E-state index contributed by atoms with van der Waals surface area (Å²) in [6, 6.07) is 6.67. The van der Waals surface area contributed by atoms with Crippen LogP contribution >= 0.6 is 22.6 Å². The third-order valence-electron chi connectivity index (χ3n) is 3.20. The van der Waals surface area contributed by atoms with Crippen LogP contribution < -0.4 is 5.73 Å². The van der Waals surface area contributed by atoms with Gasteiger partial charge in [-0.05, 0) is 59.4 Å². The molecule has 0 radical (unpaired) electrons. The summed E-state index contributed by atoms with van der Waals surface area (Å²) in [5.41, 5.74) is 8.91. The molecule has 1 fully saturated rings. The minimum atomic E-state index is 0.234. The predicted octanol–water partition coefficient (Wildman–Crippen LogP) is 3.79. The van der Waals surface area contributed by atoms with Crippen LogP contribution in [0.25, 0.3) is 0 Å². The van der Waals surface area contributed by atoms with E-state index in [-0.39, 0.29) is 6.04 Å². The number of nitrogens with two attached hydrogens (primary N) is 1. The second kappa shape index (κ2) is 4.83. The first kappa shape index (κ1) is 11.4. The minimum absolute atomic E-state index is 0.234. The lowest BCUT2D eigenvalue weighted by atomic mass is 10.00. The Balaban J connectivity index is 2.02. The maximum Gasteiger partial charge on any atom is 0.0305 e. The Morgan fingerprint density at radius 2 is 2.20 bits per heavy atom. The number of aryl methyl sites for hydroxylation is 1. The fourth-order valence-electron chi connectivity index (χ4n) is 1.93. The maximum atomic E-state index is 6.24. The maximum absolute atomic E-state index is 6.24. The van der Waals surface area contributed by atoms with Gasteiger partial charge in [-0.25, -0.2) is 0 Å². The van der Waals surface area contributed by atoms with Crippen LogP contribution in [0.4, 0.5) is 0 Å². The Morgan fingerprint density at radius 1 is 1.47 bits per heavy atom. The molecule has 2 heteroatoms. The summed E-state index contributed by atoms with van der Waals surface area (Å²) in [7, 11) is 0. The molecular formula is C13H18IN. The third-order valence-corrected chi connectivity index (χ3v) is 4.68. The zero-order valence-electron chi connectivity index (χ0n) is 9.17. The molecule has 1 atom stereocenters. The fraction of sp³-hybridized carbons (Fsp3) is 0.538. The quantitative estimate of drug-likeness (QED) is 0.841. The van der Waals surface area contributed by atoms with Crippen molar-refractivity contribution in [3.05, 3.63) is 32.9 Å². The molecule has 15 heavy (non-hydrogen) atoms. The highest BCUT2D eigenvalue weighted by Gasteiger charge is 2.22. The molecule has 1 aliphatic carbocycles. The number of halogens is 1. The van der Waals surface area contributed by atoms with E-state index < -0.39 is 0 Å². The van der Waals surface area contributed by atoms with Crippen molar-refractivity contribution in [3.63, 3.8) is 0 Å². The first-order chi connectivity index (χ1) is 7.18. The van der Waals surface area contributed by atoms with E-state index in [9.17, 15) is 0 Å². The number of benzene rings is 1. The minimum Gasteiger partial charge on any atom is -0.324 e. The molecule has 82 valence electrons. The molecule has 2 rings (SSSR count). The monoisotopic (exact) mass is 315 g/mol. The summed E-state index contributed by atoms with van der Waals surface area (Å²) >= 11 is 2.41. The van der Waals surface area contributed by atoms with Gasteiger partial charge in [0, 0.05) is 9.61 Å². The van der Waals surface area contributed by atoms with Crippen molar-refractivity contribution in [2.45, 2.75) is 38.6 Å². The van der Waals surface area contributed by atoms with Gasteiger partial charge in [0.15, 0.2) is 0 Å². The topological polar surface area (TPSA) is 26.0 Å². The SMILES string of the molecule is Cc1cccc(C(N)CCC2CC2)c1I. The van der Waals surface area contributed by atoms with E-state index >= 15 is 0 Å². The molecule has 1 aromatic carbocycles. The molecule has 0 spiro atoms. The van der Waals surface area contributed by atoms with Crippen LogP contribution in [0.1, 0.15) is 42.9 Å². The summed E-state index contributed by atoms with van der Waals surface area (Å²) in [5.74, 6) is 0.985. The van der Waals surface area contributed by atoms with Crippen molar-refractivity contribution in [1.29, 1.82) is 0 Å². The zero-order valence-corrected chi connectivity index (χ0v) is 11.3. The highest BCUT2D eigenvalue weighted by Crippen LogP contribution is 2.36. The van der Waals surface area contributed by atoms with E-state index in [0.717, 1.165) is 12.3 Å². The average Bonchev–Trinajstić information content (AvgIpc) is 3.02. The molecule has 1 nitrogen and oxygen atoms in total. The van der Waals surface area contributed by atoms with E-state index in [1.54, 1.807) is 0 Å².